The Labute approximate surface area is 175 Å². The van der Waals surface area contributed by atoms with Gasteiger partial charge in [0.25, 0.3) is 0 Å². The molecule has 0 spiro atoms. The first-order chi connectivity index (χ1) is 14.5. The third-order valence-electron chi connectivity index (χ3n) is 4.61. The van der Waals surface area contributed by atoms with Gasteiger partial charge in [0.15, 0.2) is 5.82 Å². The number of nitrogens with zero attached hydrogens (tertiary/aromatic N) is 4. The molecule has 0 saturated carbocycles. The van der Waals surface area contributed by atoms with Gasteiger partial charge in [0.05, 0.1) is 12.3 Å². The van der Waals surface area contributed by atoms with Gasteiger partial charge in [-0.2, -0.15) is 10.1 Å². The minimum atomic E-state index is -0.609. The van der Waals surface area contributed by atoms with Gasteiger partial charge in [-0.3, -0.25) is 9.80 Å². The van der Waals surface area contributed by atoms with Gasteiger partial charge < -0.3 is 14.6 Å². The average molecular weight is 413 g/mol. The van der Waals surface area contributed by atoms with Gasteiger partial charge in [0.1, 0.15) is 11.8 Å². The third-order valence-corrected chi connectivity index (χ3v) is 4.61. The van der Waals surface area contributed by atoms with E-state index in [1.54, 1.807) is 11.9 Å². The molecular formula is C21H27N5O4. The fourth-order valence-electron chi connectivity index (χ4n) is 3.04. The second kappa shape index (κ2) is 10.00. The summed E-state index contributed by atoms with van der Waals surface area (Å²) in [7, 11) is 0. The van der Waals surface area contributed by atoms with Gasteiger partial charge in [-0.25, -0.2) is 4.79 Å². The summed E-state index contributed by atoms with van der Waals surface area (Å²) in [5.74, 6) is 0.762. The van der Waals surface area contributed by atoms with Crippen molar-refractivity contribution in [3.63, 3.8) is 0 Å². The molecule has 1 aliphatic heterocycles. The van der Waals surface area contributed by atoms with E-state index in [-0.39, 0.29) is 30.6 Å². The number of amides is 1. The highest BCUT2D eigenvalue weighted by Crippen LogP contribution is 2.25. The van der Waals surface area contributed by atoms with Crippen molar-refractivity contribution in [1.29, 1.82) is 0 Å². The Morgan fingerprint density at radius 3 is 2.73 bits per heavy atom. The molecule has 0 bridgehead atoms. The first-order valence-corrected chi connectivity index (χ1v) is 10.2. The number of aryl methyl sites for hydroxylation is 1. The SMILES string of the molecule is CCOC(=O)C1=NN(c2ccccc2)C(C(=O)NCCCc2nc(C(C)C)no2)C1. The molecule has 30 heavy (non-hydrogen) atoms. The number of aromatic nitrogens is 2. The summed E-state index contributed by atoms with van der Waals surface area (Å²) in [4.78, 5) is 29.3. The van der Waals surface area contributed by atoms with Crippen molar-refractivity contribution >= 4 is 23.3 Å². The van der Waals surface area contributed by atoms with E-state index < -0.39 is 12.0 Å². The number of esters is 1. The van der Waals surface area contributed by atoms with Crippen molar-refractivity contribution in [2.24, 2.45) is 5.10 Å². The topological polar surface area (TPSA) is 110 Å². The molecule has 0 radical (unpaired) electrons. The van der Waals surface area contributed by atoms with Crippen LogP contribution in [0.2, 0.25) is 0 Å². The van der Waals surface area contributed by atoms with Crippen LogP contribution in [0.15, 0.2) is 40.0 Å². The lowest BCUT2D eigenvalue weighted by Crippen LogP contribution is -2.43. The zero-order valence-electron chi connectivity index (χ0n) is 17.5. The number of carbonyl (C=O) groups is 2. The lowest BCUT2D eigenvalue weighted by atomic mass is 10.1. The molecule has 160 valence electrons. The Kier molecular flexibility index (Phi) is 7.16. The summed E-state index contributed by atoms with van der Waals surface area (Å²) in [5, 5.41) is 12.8. The Morgan fingerprint density at radius 1 is 1.30 bits per heavy atom. The largest absolute Gasteiger partial charge is 0.461 e. The first-order valence-electron chi connectivity index (χ1n) is 10.2. The number of ether oxygens (including phenoxy) is 1. The normalized spacial score (nSPS) is 15.9. The minimum absolute atomic E-state index is 0.195. The quantitative estimate of drug-likeness (QED) is 0.497. The van der Waals surface area contributed by atoms with Gasteiger partial charge in [0, 0.05) is 25.3 Å². The zero-order valence-corrected chi connectivity index (χ0v) is 17.5. The molecule has 9 heteroatoms. The van der Waals surface area contributed by atoms with Gasteiger partial charge in [-0.1, -0.05) is 37.2 Å². The molecule has 3 rings (SSSR count). The number of hydrogen-bond donors (Lipinski definition) is 1. The molecule has 2 heterocycles. The Morgan fingerprint density at radius 2 is 2.07 bits per heavy atom. The highest BCUT2D eigenvalue weighted by molar-refractivity contribution is 6.38. The van der Waals surface area contributed by atoms with Crippen LogP contribution in [0.3, 0.4) is 0 Å². The molecule has 1 aliphatic rings. The lowest BCUT2D eigenvalue weighted by molar-refractivity contribution is -0.135. The van der Waals surface area contributed by atoms with Crippen LogP contribution in [0, 0.1) is 0 Å². The molecule has 0 aliphatic carbocycles. The van der Waals surface area contributed by atoms with Crippen molar-refractivity contribution in [2.45, 2.75) is 52.0 Å². The zero-order chi connectivity index (χ0) is 21.5. The summed E-state index contributed by atoms with van der Waals surface area (Å²) >= 11 is 0. The predicted molar refractivity (Wildman–Crippen MR) is 111 cm³/mol. The summed E-state index contributed by atoms with van der Waals surface area (Å²) in [5.41, 5.74) is 0.983. The maximum absolute atomic E-state index is 12.8. The number of anilines is 1. The van der Waals surface area contributed by atoms with E-state index in [0.717, 1.165) is 5.69 Å². The van der Waals surface area contributed by atoms with Crippen LogP contribution in [0.1, 0.15) is 51.2 Å². The van der Waals surface area contributed by atoms with Crippen LogP contribution in [-0.2, 0) is 20.7 Å². The standard InChI is InChI=1S/C21H27N5O4/c1-4-29-21(28)16-13-17(26(24-16)15-9-6-5-7-10-15)20(27)22-12-8-11-18-23-19(14(2)3)25-30-18/h5-7,9-10,14,17H,4,8,11-13H2,1-3H3,(H,22,27). The highest BCUT2D eigenvalue weighted by Gasteiger charge is 2.36. The van der Waals surface area contributed by atoms with Gasteiger partial charge in [0.2, 0.25) is 11.8 Å². The minimum Gasteiger partial charge on any atom is -0.461 e. The summed E-state index contributed by atoms with van der Waals surface area (Å²) < 4.78 is 10.3. The molecule has 1 aromatic heterocycles. The summed E-state index contributed by atoms with van der Waals surface area (Å²) in [6.45, 7) is 6.45. The molecule has 0 fully saturated rings. The molecule has 1 atom stereocenters. The van der Waals surface area contributed by atoms with Gasteiger partial charge in [-0.15, -0.1) is 0 Å². The van der Waals surface area contributed by atoms with E-state index in [1.807, 2.05) is 44.2 Å². The van der Waals surface area contributed by atoms with Crippen molar-refractivity contribution in [1.82, 2.24) is 15.5 Å². The molecular weight excluding hydrogens is 386 g/mol. The van der Waals surface area contributed by atoms with Crippen molar-refractivity contribution in [3.8, 4) is 0 Å². The van der Waals surface area contributed by atoms with Crippen LogP contribution in [0.25, 0.3) is 0 Å². The Balaban J connectivity index is 1.58. The second-order valence-electron chi connectivity index (χ2n) is 7.26. The fraction of sp³-hybridized carbons (Fsp3) is 0.476. The summed E-state index contributed by atoms with van der Waals surface area (Å²) in [6.07, 6.45) is 1.44. The van der Waals surface area contributed by atoms with E-state index >= 15 is 0 Å². The number of carbonyl (C=O) groups excluding carboxylic acids is 2. The summed E-state index contributed by atoms with van der Waals surface area (Å²) in [6, 6.07) is 8.69. The molecule has 0 saturated heterocycles. The number of rotatable bonds is 9. The third kappa shape index (κ3) is 5.22. The van der Waals surface area contributed by atoms with Gasteiger partial charge in [-0.05, 0) is 25.5 Å². The number of nitrogens with one attached hydrogen (secondary N) is 1. The lowest BCUT2D eigenvalue weighted by Gasteiger charge is -2.22. The smallest absolute Gasteiger partial charge is 0.354 e. The molecule has 1 unspecified atom stereocenters. The Hall–Kier alpha value is -3.23. The maximum Gasteiger partial charge on any atom is 0.354 e. The van der Waals surface area contributed by atoms with Crippen LogP contribution in [0.5, 0.6) is 0 Å². The number of para-hydroxylation sites is 1. The van der Waals surface area contributed by atoms with Crippen LogP contribution < -0.4 is 10.3 Å². The van der Waals surface area contributed by atoms with Crippen LogP contribution in [-0.4, -0.2) is 46.9 Å². The van der Waals surface area contributed by atoms with E-state index in [1.165, 1.54) is 0 Å². The van der Waals surface area contributed by atoms with Gasteiger partial charge >= 0.3 is 5.97 Å². The Bertz CT molecular complexity index is 894. The van der Waals surface area contributed by atoms with Crippen LogP contribution >= 0.6 is 0 Å². The van der Waals surface area contributed by atoms with Crippen LogP contribution in [0.4, 0.5) is 5.69 Å². The average Bonchev–Trinajstić information content (AvgIpc) is 3.40. The number of hydrazone groups is 1. The second-order valence-corrected chi connectivity index (χ2v) is 7.26. The van der Waals surface area contributed by atoms with E-state index in [2.05, 4.69) is 20.6 Å². The fourth-order valence-corrected chi connectivity index (χ4v) is 3.04. The predicted octanol–water partition coefficient (Wildman–Crippen LogP) is 2.44. The van der Waals surface area contributed by atoms with E-state index in [0.29, 0.717) is 31.1 Å². The number of hydrogen-bond acceptors (Lipinski definition) is 8. The first kappa shape index (κ1) is 21.5. The van der Waals surface area contributed by atoms with Crippen molar-refractivity contribution < 1.29 is 18.8 Å². The highest BCUT2D eigenvalue weighted by atomic mass is 16.5. The maximum atomic E-state index is 12.8. The molecule has 1 N–H and O–H groups in total. The molecule has 1 amide bonds. The van der Waals surface area contributed by atoms with Crippen molar-refractivity contribution in [3.05, 3.63) is 42.0 Å². The van der Waals surface area contributed by atoms with E-state index in [4.69, 9.17) is 9.26 Å². The van der Waals surface area contributed by atoms with Crippen molar-refractivity contribution in [2.75, 3.05) is 18.2 Å². The van der Waals surface area contributed by atoms with E-state index in [9.17, 15) is 9.59 Å². The molecule has 1 aromatic carbocycles. The number of benzene rings is 1. The monoisotopic (exact) mass is 413 g/mol. The molecule has 9 nitrogen and oxygen atoms in total. The molecule has 2 aromatic rings.